The average molecular weight is 446 g/mol. The van der Waals surface area contributed by atoms with Crippen molar-refractivity contribution in [3.8, 4) is 0 Å². The number of carbonyl (C=O) groups is 1. The number of alkyl halides is 2. The molecule has 0 saturated heterocycles. The molecule has 1 amide bonds. The first-order chi connectivity index (χ1) is 8.46. The zero-order chi connectivity index (χ0) is 13.8. The second-order valence-electron chi connectivity index (χ2n) is 4.01. The van der Waals surface area contributed by atoms with Crippen LogP contribution in [0.1, 0.15) is 23.7 Å². The van der Waals surface area contributed by atoms with Crippen LogP contribution in [0.5, 0.6) is 0 Å². The molecule has 18 heavy (non-hydrogen) atoms. The Kier molecular flexibility index (Phi) is 6.27. The van der Waals surface area contributed by atoms with E-state index in [-0.39, 0.29) is 11.4 Å². The van der Waals surface area contributed by atoms with Crippen LogP contribution in [-0.4, -0.2) is 22.1 Å². The Labute approximate surface area is 131 Å². The van der Waals surface area contributed by atoms with E-state index in [0.717, 1.165) is 6.42 Å². The van der Waals surface area contributed by atoms with Gasteiger partial charge in [0.2, 0.25) is 0 Å². The number of rotatable bonds is 5. The summed E-state index contributed by atoms with van der Waals surface area (Å²) in [6, 6.07) is 4.14. The predicted octanol–water partition coefficient (Wildman–Crippen LogP) is 4.26. The Balaban J connectivity index is 2.94. The molecule has 2 nitrogen and oxygen atoms in total. The van der Waals surface area contributed by atoms with Crippen molar-refractivity contribution < 1.29 is 9.18 Å². The molecule has 0 fully saturated rings. The molecule has 0 aliphatic carbocycles. The summed E-state index contributed by atoms with van der Waals surface area (Å²) < 4.78 is 13.8. The first kappa shape index (κ1) is 16.1. The Morgan fingerprint density at radius 3 is 2.39 bits per heavy atom. The van der Waals surface area contributed by atoms with Crippen LogP contribution in [0, 0.1) is 5.82 Å². The normalized spacial score (nSPS) is 11.4. The SMILES string of the molecule is CCC(CBr)(CBr)NC(=O)c1cc(F)cc(Br)c1. The Morgan fingerprint density at radius 1 is 1.33 bits per heavy atom. The fraction of sp³-hybridized carbons (Fsp3) is 0.417. The molecule has 0 spiro atoms. The van der Waals surface area contributed by atoms with Gasteiger partial charge in [-0.05, 0) is 24.6 Å². The van der Waals surface area contributed by atoms with E-state index in [2.05, 4.69) is 53.1 Å². The third kappa shape index (κ3) is 4.03. The number of halogens is 4. The van der Waals surface area contributed by atoms with Gasteiger partial charge in [0.25, 0.3) is 5.91 Å². The van der Waals surface area contributed by atoms with Crippen LogP contribution in [0.25, 0.3) is 0 Å². The van der Waals surface area contributed by atoms with Crippen LogP contribution in [0.4, 0.5) is 4.39 Å². The van der Waals surface area contributed by atoms with Crippen molar-refractivity contribution in [3.05, 3.63) is 34.1 Å². The zero-order valence-corrected chi connectivity index (χ0v) is 14.5. The van der Waals surface area contributed by atoms with Crippen molar-refractivity contribution in [2.45, 2.75) is 18.9 Å². The number of carbonyl (C=O) groups excluding carboxylic acids is 1. The average Bonchev–Trinajstić information content (AvgIpc) is 2.35. The van der Waals surface area contributed by atoms with Gasteiger partial charge in [-0.25, -0.2) is 4.39 Å². The van der Waals surface area contributed by atoms with Crippen molar-refractivity contribution in [1.29, 1.82) is 0 Å². The van der Waals surface area contributed by atoms with Gasteiger partial charge in [-0.2, -0.15) is 0 Å². The van der Waals surface area contributed by atoms with Crippen molar-refractivity contribution in [2.75, 3.05) is 10.7 Å². The second kappa shape index (κ2) is 7.01. The van der Waals surface area contributed by atoms with Gasteiger partial charge in [0.15, 0.2) is 0 Å². The van der Waals surface area contributed by atoms with Crippen LogP contribution < -0.4 is 5.32 Å². The van der Waals surface area contributed by atoms with Gasteiger partial charge in [-0.3, -0.25) is 4.79 Å². The summed E-state index contributed by atoms with van der Waals surface area (Å²) in [4.78, 5) is 12.1. The van der Waals surface area contributed by atoms with Gasteiger partial charge in [-0.1, -0.05) is 54.7 Å². The molecule has 0 heterocycles. The number of hydrogen-bond acceptors (Lipinski definition) is 1. The lowest BCUT2D eigenvalue weighted by atomic mass is 10.0. The molecule has 0 aromatic heterocycles. The van der Waals surface area contributed by atoms with E-state index in [0.29, 0.717) is 20.7 Å². The van der Waals surface area contributed by atoms with E-state index in [1.165, 1.54) is 12.1 Å². The molecule has 0 aliphatic heterocycles. The third-order valence-corrected chi connectivity index (χ3v) is 5.30. The topological polar surface area (TPSA) is 29.1 Å². The summed E-state index contributed by atoms with van der Waals surface area (Å²) in [7, 11) is 0. The molecule has 0 atom stereocenters. The molecule has 100 valence electrons. The minimum Gasteiger partial charge on any atom is -0.345 e. The van der Waals surface area contributed by atoms with Crippen LogP contribution in [0.15, 0.2) is 22.7 Å². The molecular weight excluding hydrogens is 433 g/mol. The lowest BCUT2D eigenvalue weighted by Crippen LogP contribution is -2.51. The van der Waals surface area contributed by atoms with Crippen LogP contribution in [0.2, 0.25) is 0 Å². The van der Waals surface area contributed by atoms with E-state index < -0.39 is 5.82 Å². The maximum Gasteiger partial charge on any atom is 0.251 e. The Bertz CT molecular complexity index is 407. The van der Waals surface area contributed by atoms with E-state index in [9.17, 15) is 9.18 Å². The summed E-state index contributed by atoms with van der Waals surface area (Å²) >= 11 is 9.96. The molecular formula is C12H13Br3FNO. The summed E-state index contributed by atoms with van der Waals surface area (Å²) in [5, 5.41) is 4.19. The maximum absolute atomic E-state index is 13.2. The number of benzene rings is 1. The van der Waals surface area contributed by atoms with Gasteiger partial charge < -0.3 is 5.32 Å². The summed E-state index contributed by atoms with van der Waals surface area (Å²) in [5.41, 5.74) is -0.0582. The molecule has 1 aromatic carbocycles. The van der Waals surface area contributed by atoms with Crippen LogP contribution in [-0.2, 0) is 0 Å². The highest BCUT2D eigenvalue weighted by atomic mass is 79.9. The fourth-order valence-corrected chi connectivity index (χ4v) is 3.85. The molecule has 6 heteroatoms. The van der Waals surface area contributed by atoms with Crippen molar-refractivity contribution in [2.24, 2.45) is 0 Å². The quantitative estimate of drug-likeness (QED) is 0.674. The Hall–Kier alpha value is 0.0600. The lowest BCUT2D eigenvalue weighted by Gasteiger charge is -2.30. The van der Waals surface area contributed by atoms with Gasteiger partial charge in [0.05, 0.1) is 5.54 Å². The summed E-state index contributed by atoms with van der Waals surface area (Å²) in [6.07, 6.45) is 0.770. The molecule has 0 aliphatic rings. The first-order valence-electron chi connectivity index (χ1n) is 5.37. The third-order valence-electron chi connectivity index (χ3n) is 2.69. The van der Waals surface area contributed by atoms with Crippen molar-refractivity contribution >= 4 is 53.7 Å². The van der Waals surface area contributed by atoms with Gasteiger partial charge in [0, 0.05) is 20.7 Å². The van der Waals surface area contributed by atoms with Gasteiger partial charge in [0.1, 0.15) is 5.82 Å². The van der Waals surface area contributed by atoms with Crippen LogP contribution in [0.3, 0.4) is 0 Å². The van der Waals surface area contributed by atoms with Gasteiger partial charge in [-0.15, -0.1) is 0 Å². The highest BCUT2D eigenvalue weighted by molar-refractivity contribution is 9.10. The minimum atomic E-state index is -0.436. The highest BCUT2D eigenvalue weighted by Gasteiger charge is 2.28. The fourth-order valence-electron chi connectivity index (χ4n) is 1.38. The van der Waals surface area contributed by atoms with E-state index in [1.54, 1.807) is 6.07 Å². The minimum absolute atomic E-state index is 0.282. The number of hydrogen-bond donors (Lipinski definition) is 1. The lowest BCUT2D eigenvalue weighted by molar-refractivity contribution is 0.0915. The zero-order valence-electron chi connectivity index (χ0n) is 9.77. The molecule has 1 N–H and O–H groups in total. The standard InChI is InChI=1S/C12H13Br3FNO/c1-2-12(6-13,7-14)17-11(18)8-3-9(15)5-10(16)4-8/h3-5H,2,6-7H2,1H3,(H,17,18). The largest absolute Gasteiger partial charge is 0.345 e. The molecule has 0 radical (unpaired) electrons. The van der Waals surface area contributed by atoms with Crippen molar-refractivity contribution in [1.82, 2.24) is 5.32 Å². The van der Waals surface area contributed by atoms with Gasteiger partial charge >= 0.3 is 0 Å². The molecule has 0 unspecified atom stereocenters. The second-order valence-corrected chi connectivity index (χ2v) is 6.05. The molecule has 0 bridgehead atoms. The number of amides is 1. The molecule has 1 aromatic rings. The highest BCUT2D eigenvalue weighted by Crippen LogP contribution is 2.19. The van der Waals surface area contributed by atoms with E-state index in [4.69, 9.17) is 0 Å². The monoisotopic (exact) mass is 443 g/mol. The van der Waals surface area contributed by atoms with Crippen LogP contribution >= 0.6 is 47.8 Å². The Morgan fingerprint density at radius 2 is 1.94 bits per heavy atom. The summed E-state index contributed by atoms with van der Waals surface area (Å²) in [5.74, 6) is -0.717. The van der Waals surface area contributed by atoms with E-state index in [1.807, 2.05) is 6.92 Å². The van der Waals surface area contributed by atoms with E-state index >= 15 is 0 Å². The molecule has 0 saturated carbocycles. The summed E-state index contributed by atoms with van der Waals surface area (Å²) in [6.45, 7) is 1.99. The molecule has 1 rings (SSSR count). The number of nitrogens with one attached hydrogen (secondary N) is 1. The predicted molar refractivity (Wildman–Crippen MR) is 82.2 cm³/mol. The smallest absolute Gasteiger partial charge is 0.251 e. The van der Waals surface area contributed by atoms with Crippen molar-refractivity contribution in [3.63, 3.8) is 0 Å². The first-order valence-corrected chi connectivity index (χ1v) is 8.40. The maximum atomic E-state index is 13.2.